The van der Waals surface area contributed by atoms with Crippen molar-refractivity contribution in [1.82, 2.24) is 16.0 Å². The Balaban J connectivity index is 3.18. The summed E-state index contributed by atoms with van der Waals surface area (Å²) in [4.78, 5) is 61.7. The van der Waals surface area contributed by atoms with E-state index in [1.54, 1.807) is 32.9 Å². The molecular formula is C26H40N4O8. The zero-order chi connectivity index (χ0) is 29.0. The number of benzene rings is 1. The number of hydrogen-bond acceptors (Lipinski definition) is 7. The second kappa shape index (κ2) is 15.6. The molecule has 0 aliphatic heterocycles. The summed E-state index contributed by atoms with van der Waals surface area (Å²) in [5.74, 6) is -5.13. The molecule has 212 valence electrons. The van der Waals surface area contributed by atoms with E-state index in [4.69, 9.17) is 10.8 Å². The molecule has 0 saturated carbocycles. The van der Waals surface area contributed by atoms with Crippen LogP contribution in [0.4, 0.5) is 0 Å². The van der Waals surface area contributed by atoms with Crippen LogP contribution in [-0.4, -0.2) is 69.1 Å². The molecule has 0 heterocycles. The number of carboxylic acid groups (broad SMARTS) is 2. The second-order valence-electron chi connectivity index (χ2n) is 9.55. The summed E-state index contributed by atoms with van der Waals surface area (Å²) in [5.41, 5.74) is 6.39. The van der Waals surface area contributed by atoms with Crippen molar-refractivity contribution >= 4 is 29.7 Å². The molecule has 3 amide bonds. The summed E-state index contributed by atoms with van der Waals surface area (Å²) in [7, 11) is 0. The molecule has 38 heavy (non-hydrogen) atoms. The molecule has 1 aromatic rings. The Morgan fingerprint density at radius 2 is 1.34 bits per heavy atom. The third kappa shape index (κ3) is 10.4. The lowest BCUT2D eigenvalue weighted by Crippen LogP contribution is -2.59. The van der Waals surface area contributed by atoms with E-state index in [1.165, 1.54) is 12.1 Å². The molecule has 0 aliphatic carbocycles. The number of phenolic OH excluding ortho intramolecular Hbond substituents is 1. The largest absolute Gasteiger partial charge is 0.508 e. The molecule has 6 atom stereocenters. The highest BCUT2D eigenvalue weighted by Gasteiger charge is 2.33. The quantitative estimate of drug-likeness (QED) is 0.159. The Labute approximate surface area is 222 Å². The molecule has 6 unspecified atom stereocenters. The Bertz CT molecular complexity index is 968. The van der Waals surface area contributed by atoms with Crippen molar-refractivity contribution in [3.63, 3.8) is 0 Å². The molecule has 8 N–H and O–H groups in total. The van der Waals surface area contributed by atoms with Gasteiger partial charge in [-0.3, -0.25) is 19.2 Å². The van der Waals surface area contributed by atoms with Gasteiger partial charge in [0.05, 0.1) is 6.04 Å². The molecule has 12 nitrogen and oxygen atoms in total. The van der Waals surface area contributed by atoms with E-state index in [0.717, 1.165) is 0 Å². The number of aliphatic carboxylic acids is 2. The standard InChI is InChI=1S/C26H40N4O8/c1-5-14(3)21(29-23(34)18(27)11-12-20(32)33)25(36)28-19(13-16-7-9-17(31)10-8-16)24(35)30-22(26(37)38)15(4)6-2/h7-10,14-15,18-19,21-22,31H,5-6,11-13,27H2,1-4H3,(H,28,36)(H,29,34)(H,30,35)(H,32,33)(H,37,38). The molecule has 0 aromatic heterocycles. The zero-order valence-corrected chi connectivity index (χ0v) is 22.3. The molecule has 0 aliphatic rings. The molecule has 0 saturated heterocycles. The van der Waals surface area contributed by atoms with Crippen LogP contribution in [0.3, 0.4) is 0 Å². The Morgan fingerprint density at radius 1 is 0.816 bits per heavy atom. The summed E-state index contributed by atoms with van der Waals surface area (Å²) < 4.78 is 0. The minimum Gasteiger partial charge on any atom is -0.508 e. The molecule has 1 rings (SSSR count). The molecule has 12 heteroatoms. The minimum atomic E-state index is -1.21. The molecule has 0 bridgehead atoms. The number of carbonyl (C=O) groups excluding carboxylic acids is 3. The first-order chi connectivity index (χ1) is 17.8. The minimum absolute atomic E-state index is 0.00992. The van der Waals surface area contributed by atoms with Gasteiger partial charge in [0.15, 0.2) is 0 Å². The second-order valence-corrected chi connectivity index (χ2v) is 9.55. The van der Waals surface area contributed by atoms with E-state index in [1.807, 2.05) is 6.92 Å². The van der Waals surface area contributed by atoms with E-state index in [9.17, 15) is 34.2 Å². The molecule has 0 radical (unpaired) electrons. The third-order valence-electron chi connectivity index (χ3n) is 6.59. The van der Waals surface area contributed by atoms with E-state index < -0.39 is 53.8 Å². The number of phenols is 1. The van der Waals surface area contributed by atoms with Gasteiger partial charge in [-0.15, -0.1) is 0 Å². The normalized spacial score (nSPS) is 15.7. The highest BCUT2D eigenvalue weighted by atomic mass is 16.4. The van der Waals surface area contributed by atoms with Gasteiger partial charge in [0.1, 0.15) is 23.9 Å². The topological polar surface area (TPSA) is 208 Å². The van der Waals surface area contributed by atoms with Crippen molar-refractivity contribution in [3.05, 3.63) is 29.8 Å². The van der Waals surface area contributed by atoms with Gasteiger partial charge in [-0.2, -0.15) is 0 Å². The average molecular weight is 537 g/mol. The van der Waals surface area contributed by atoms with Gasteiger partial charge in [0.2, 0.25) is 17.7 Å². The van der Waals surface area contributed by atoms with Crippen LogP contribution in [0.2, 0.25) is 0 Å². The van der Waals surface area contributed by atoms with Gasteiger partial charge in [-0.1, -0.05) is 52.7 Å². The number of hydrogen-bond donors (Lipinski definition) is 7. The first-order valence-corrected chi connectivity index (χ1v) is 12.7. The van der Waals surface area contributed by atoms with Gasteiger partial charge < -0.3 is 37.0 Å². The van der Waals surface area contributed by atoms with Crippen LogP contribution >= 0.6 is 0 Å². The lowest BCUT2D eigenvalue weighted by atomic mass is 9.96. The Kier molecular flexibility index (Phi) is 13.2. The van der Waals surface area contributed by atoms with Crippen molar-refractivity contribution in [2.75, 3.05) is 0 Å². The number of carboxylic acids is 2. The summed E-state index contributed by atoms with van der Waals surface area (Å²) in [6.45, 7) is 7.02. The Hall–Kier alpha value is -3.67. The van der Waals surface area contributed by atoms with Gasteiger partial charge in [-0.05, 0) is 36.0 Å². The van der Waals surface area contributed by atoms with E-state index >= 15 is 0 Å². The molecular weight excluding hydrogens is 496 g/mol. The number of nitrogens with two attached hydrogens (primary N) is 1. The maximum absolute atomic E-state index is 13.3. The maximum atomic E-state index is 13.3. The van der Waals surface area contributed by atoms with Crippen LogP contribution < -0.4 is 21.7 Å². The summed E-state index contributed by atoms with van der Waals surface area (Å²) in [5, 5.41) is 35.7. The fraction of sp³-hybridized carbons (Fsp3) is 0.577. The van der Waals surface area contributed by atoms with Crippen molar-refractivity contribution in [3.8, 4) is 5.75 Å². The average Bonchev–Trinajstić information content (AvgIpc) is 2.88. The number of rotatable bonds is 16. The lowest BCUT2D eigenvalue weighted by molar-refractivity contribution is -0.144. The first kappa shape index (κ1) is 32.4. The fourth-order valence-electron chi connectivity index (χ4n) is 3.65. The van der Waals surface area contributed by atoms with Crippen LogP contribution in [0.15, 0.2) is 24.3 Å². The number of carbonyl (C=O) groups is 5. The predicted molar refractivity (Wildman–Crippen MR) is 139 cm³/mol. The van der Waals surface area contributed by atoms with Crippen molar-refractivity contribution in [1.29, 1.82) is 0 Å². The van der Waals surface area contributed by atoms with Gasteiger partial charge in [-0.25, -0.2) is 4.79 Å². The summed E-state index contributed by atoms with van der Waals surface area (Å²) in [6.07, 6.45) is 0.547. The first-order valence-electron chi connectivity index (χ1n) is 12.7. The zero-order valence-electron chi connectivity index (χ0n) is 22.3. The maximum Gasteiger partial charge on any atom is 0.326 e. The fourth-order valence-corrected chi connectivity index (χ4v) is 3.65. The van der Waals surface area contributed by atoms with Crippen LogP contribution in [0.1, 0.15) is 58.9 Å². The predicted octanol–water partition coefficient (Wildman–Crippen LogP) is 0.758. The number of amides is 3. The van der Waals surface area contributed by atoms with Crippen LogP contribution in [0, 0.1) is 11.8 Å². The molecule has 0 spiro atoms. The van der Waals surface area contributed by atoms with E-state index in [-0.39, 0.29) is 36.8 Å². The molecule has 1 aromatic carbocycles. The van der Waals surface area contributed by atoms with Gasteiger partial charge >= 0.3 is 11.9 Å². The van der Waals surface area contributed by atoms with E-state index in [0.29, 0.717) is 18.4 Å². The highest BCUT2D eigenvalue weighted by Crippen LogP contribution is 2.14. The van der Waals surface area contributed by atoms with Crippen molar-refractivity contribution in [2.45, 2.75) is 84.0 Å². The Morgan fingerprint density at radius 3 is 1.84 bits per heavy atom. The van der Waals surface area contributed by atoms with E-state index in [2.05, 4.69) is 16.0 Å². The van der Waals surface area contributed by atoms with Crippen molar-refractivity contribution in [2.24, 2.45) is 17.6 Å². The highest BCUT2D eigenvalue weighted by molar-refractivity contribution is 5.94. The lowest BCUT2D eigenvalue weighted by Gasteiger charge is -2.28. The number of aromatic hydroxyl groups is 1. The monoisotopic (exact) mass is 536 g/mol. The summed E-state index contributed by atoms with van der Waals surface area (Å²) >= 11 is 0. The molecule has 0 fully saturated rings. The SMILES string of the molecule is CCC(C)C(NC(=O)C(Cc1ccc(O)cc1)NC(=O)C(NC(=O)C(N)CCC(=O)O)C(C)CC)C(=O)O. The van der Waals surface area contributed by atoms with Gasteiger partial charge in [0.25, 0.3) is 0 Å². The third-order valence-corrected chi connectivity index (χ3v) is 6.59. The number of nitrogens with one attached hydrogen (secondary N) is 3. The van der Waals surface area contributed by atoms with Gasteiger partial charge in [0, 0.05) is 12.8 Å². The summed E-state index contributed by atoms with van der Waals surface area (Å²) in [6, 6.07) is 1.39. The van der Waals surface area contributed by atoms with Crippen molar-refractivity contribution < 1.29 is 39.3 Å². The van der Waals surface area contributed by atoms with Crippen LogP contribution in [0.5, 0.6) is 5.75 Å². The smallest absolute Gasteiger partial charge is 0.326 e. The van der Waals surface area contributed by atoms with Crippen LogP contribution in [0.25, 0.3) is 0 Å². The van der Waals surface area contributed by atoms with Crippen LogP contribution in [-0.2, 0) is 30.4 Å².